The van der Waals surface area contributed by atoms with Gasteiger partial charge in [0.05, 0.1) is 25.4 Å². The number of carbonyl (C=O) groups excluding carboxylic acids is 1. The second-order valence-corrected chi connectivity index (χ2v) is 18.0. The van der Waals surface area contributed by atoms with E-state index >= 15 is 0 Å². The molecule has 366 valence electrons. The van der Waals surface area contributed by atoms with E-state index < -0.39 is 49.5 Å². The third-order valence-corrected chi connectivity index (χ3v) is 12.1. The quantitative estimate of drug-likeness (QED) is 0.0262. The van der Waals surface area contributed by atoms with Crippen molar-refractivity contribution in [3.8, 4) is 0 Å². The Labute approximate surface area is 386 Å². The molecule has 0 spiro atoms. The number of nitrogens with one attached hydrogen (secondary N) is 1. The molecule has 0 aromatic carbocycles. The van der Waals surface area contributed by atoms with Gasteiger partial charge in [-0.2, -0.15) is 0 Å². The summed E-state index contributed by atoms with van der Waals surface area (Å²) in [6.45, 7) is 3.71. The maximum atomic E-state index is 13.0. The molecule has 9 heteroatoms. The molecular formula is C54H97NO8. The summed E-state index contributed by atoms with van der Waals surface area (Å²) in [6, 6.07) is -0.822. The van der Waals surface area contributed by atoms with Crippen LogP contribution in [0.3, 0.4) is 0 Å². The maximum absolute atomic E-state index is 13.0. The second kappa shape index (κ2) is 43.8. The average molecular weight is 888 g/mol. The lowest BCUT2D eigenvalue weighted by molar-refractivity contribution is -0.302. The summed E-state index contributed by atoms with van der Waals surface area (Å²) in [5, 5.41) is 54.2. The van der Waals surface area contributed by atoms with Crippen molar-refractivity contribution in [3.63, 3.8) is 0 Å². The van der Waals surface area contributed by atoms with E-state index in [1.165, 1.54) is 148 Å². The predicted octanol–water partition coefficient (Wildman–Crippen LogP) is 12.0. The summed E-state index contributed by atoms with van der Waals surface area (Å²) in [5.74, 6) is -0.190. The van der Waals surface area contributed by atoms with Gasteiger partial charge in [0.2, 0.25) is 5.91 Å². The lowest BCUT2D eigenvalue weighted by atomic mass is 9.99. The summed E-state index contributed by atoms with van der Waals surface area (Å²) in [5.41, 5.74) is 0. The van der Waals surface area contributed by atoms with E-state index in [-0.39, 0.29) is 12.5 Å². The Hall–Kier alpha value is -2.11. The molecule has 7 atom stereocenters. The molecule has 1 aliphatic rings. The highest BCUT2D eigenvalue weighted by Crippen LogP contribution is 2.23. The monoisotopic (exact) mass is 888 g/mol. The Morgan fingerprint density at radius 2 is 0.952 bits per heavy atom. The second-order valence-electron chi connectivity index (χ2n) is 18.0. The molecular weight excluding hydrogens is 791 g/mol. The third-order valence-electron chi connectivity index (χ3n) is 12.1. The molecule has 7 unspecified atom stereocenters. The zero-order chi connectivity index (χ0) is 45.9. The topological polar surface area (TPSA) is 149 Å². The Morgan fingerprint density at radius 3 is 1.44 bits per heavy atom. The van der Waals surface area contributed by atoms with Crippen LogP contribution in [0.15, 0.2) is 60.8 Å². The van der Waals surface area contributed by atoms with Crippen molar-refractivity contribution in [1.82, 2.24) is 5.32 Å². The summed E-state index contributed by atoms with van der Waals surface area (Å²) in [7, 11) is 0. The number of carbonyl (C=O) groups is 1. The molecule has 1 amide bonds. The molecule has 0 aliphatic carbocycles. The van der Waals surface area contributed by atoms with Crippen LogP contribution in [-0.4, -0.2) is 87.5 Å². The van der Waals surface area contributed by atoms with Crippen LogP contribution in [0.5, 0.6) is 0 Å². The van der Waals surface area contributed by atoms with Gasteiger partial charge in [0.15, 0.2) is 6.29 Å². The Morgan fingerprint density at radius 1 is 0.540 bits per heavy atom. The zero-order valence-corrected chi connectivity index (χ0v) is 40.3. The van der Waals surface area contributed by atoms with Crippen molar-refractivity contribution in [2.75, 3.05) is 13.2 Å². The van der Waals surface area contributed by atoms with Gasteiger partial charge in [0.25, 0.3) is 0 Å². The third kappa shape index (κ3) is 33.9. The van der Waals surface area contributed by atoms with Crippen molar-refractivity contribution in [1.29, 1.82) is 0 Å². The Balaban J connectivity index is 2.18. The lowest BCUT2D eigenvalue weighted by Gasteiger charge is -2.40. The number of allylic oxidation sites excluding steroid dienone is 9. The molecule has 0 saturated carbocycles. The first kappa shape index (κ1) is 58.9. The standard InChI is InChI=1S/C54H97NO8/c1-3-5-7-9-11-13-15-16-17-18-19-20-21-22-23-24-25-26-27-28-29-30-31-32-34-36-38-40-42-44-50(58)55-47(46-62-54-53(61)52(60)51(59)49(45-56)63-54)48(57)43-41-39-37-35-33-14-12-10-8-6-4-2/h15-16,18-19,21-22,33,35,41,43,47-49,51-54,56-57,59-61H,3-14,17,20,23-32,34,36-40,42,44-46H2,1-2H3,(H,55,58)/b16-15-,19-18-,22-21-,35-33+,43-41+. The Bertz CT molecular complexity index is 1170. The highest BCUT2D eigenvalue weighted by atomic mass is 16.7. The molecule has 0 bridgehead atoms. The van der Waals surface area contributed by atoms with E-state index in [9.17, 15) is 30.3 Å². The number of unbranched alkanes of at least 4 members (excludes halogenated alkanes) is 25. The van der Waals surface area contributed by atoms with Crippen molar-refractivity contribution in [2.45, 2.75) is 262 Å². The molecule has 6 N–H and O–H groups in total. The van der Waals surface area contributed by atoms with Crippen LogP contribution < -0.4 is 5.32 Å². The van der Waals surface area contributed by atoms with E-state index in [4.69, 9.17) is 9.47 Å². The molecule has 63 heavy (non-hydrogen) atoms. The number of hydrogen-bond donors (Lipinski definition) is 6. The van der Waals surface area contributed by atoms with Crippen LogP contribution in [-0.2, 0) is 14.3 Å². The summed E-state index contributed by atoms with van der Waals surface area (Å²) < 4.78 is 11.2. The molecule has 1 aliphatic heterocycles. The minimum absolute atomic E-state index is 0.190. The van der Waals surface area contributed by atoms with E-state index in [0.29, 0.717) is 6.42 Å². The van der Waals surface area contributed by atoms with E-state index in [1.807, 2.05) is 6.08 Å². The minimum Gasteiger partial charge on any atom is -0.394 e. The van der Waals surface area contributed by atoms with Crippen molar-refractivity contribution in [3.05, 3.63) is 60.8 Å². The molecule has 9 nitrogen and oxygen atoms in total. The van der Waals surface area contributed by atoms with Crippen molar-refractivity contribution in [2.24, 2.45) is 0 Å². The summed E-state index contributed by atoms with van der Waals surface area (Å²) in [4.78, 5) is 13.0. The van der Waals surface area contributed by atoms with Gasteiger partial charge in [-0.05, 0) is 70.6 Å². The van der Waals surface area contributed by atoms with E-state index in [0.717, 1.165) is 51.4 Å². The summed E-state index contributed by atoms with van der Waals surface area (Å²) in [6.07, 6.45) is 51.5. The number of amides is 1. The SMILES string of the molecule is CCCCCCC/C=C\C/C=C\C/C=C\CCCCCCCCCCCCCCCCC(=O)NC(COC1OC(CO)C(O)C(O)C1O)C(O)/C=C/CC/C=C/CCCCCCC. The van der Waals surface area contributed by atoms with Crippen LogP contribution >= 0.6 is 0 Å². The Kier molecular flexibility index (Phi) is 40.9. The number of hydrogen-bond acceptors (Lipinski definition) is 8. The lowest BCUT2D eigenvalue weighted by Crippen LogP contribution is -2.60. The number of aliphatic hydroxyl groups is 5. The molecule has 0 aromatic heterocycles. The van der Waals surface area contributed by atoms with Crippen LogP contribution in [0, 0.1) is 0 Å². The van der Waals surface area contributed by atoms with Crippen LogP contribution in [0.1, 0.15) is 219 Å². The zero-order valence-electron chi connectivity index (χ0n) is 40.3. The molecule has 0 radical (unpaired) electrons. The fraction of sp³-hybridized carbons (Fsp3) is 0.796. The van der Waals surface area contributed by atoms with E-state index in [2.05, 4.69) is 67.8 Å². The largest absolute Gasteiger partial charge is 0.394 e. The van der Waals surface area contributed by atoms with Crippen LogP contribution in [0.2, 0.25) is 0 Å². The number of ether oxygens (including phenoxy) is 2. The first-order valence-electron chi connectivity index (χ1n) is 26.0. The predicted molar refractivity (Wildman–Crippen MR) is 262 cm³/mol. The smallest absolute Gasteiger partial charge is 0.220 e. The maximum Gasteiger partial charge on any atom is 0.220 e. The van der Waals surface area contributed by atoms with Gasteiger partial charge in [0.1, 0.15) is 24.4 Å². The van der Waals surface area contributed by atoms with Crippen molar-refractivity contribution >= 4 is 5.91 Å². The van der Waals surface area contributed by atoms with Gasteiger partial charge < -0.3 is 40.3 Å². The minimum atomic E-state index is -1.57. The molecule has 1 heterocycles. The van der Waals surface area contributed by atoms with Crippen LogP contribution in [0.25, 0.3) is 0 Å². The van der Waals surface area contributed by atoms with Gasteiger partial charge in [0, 0.05) is 6.42 Å². The molecule has 1 saturated heterocycles. The fourth-order valence-corrected chi connectivity index (χ4v) is 7.88. The van der Waals surface area contributed by atoms with Gasteiger partial charge in [-0.15, -0.1) is 0 Å². The molecule has 1 rings (SSSR count). The summed E-state index contributed by atoms with van der Waals surface area (Å²) >= 11 is 0. The van der Waals surface area contributed by atoms with Crippen LogP contribution in [0.4, 0.5) is 0 Å². The van der Waals surface area contributed by atoms with E-state index in [1.54, 1.807) is 6.08 Å². The fourth-order valence-electron chi connectivity index (χ4n) is 7.88. The van der Waals surface area contributed by atoms with Gasteiger partial charge in [-0.1, -0.05) is 203 Å². The van der Waals surface area contributed by atoms with Gasteiger partial charge in [-0.3, -0.25) is 4.79 Å². The van der Waals surface area contributed by atoms with Gasteiger partial charge in [-0.25, -0.2) is 0 Å². The normalized spacial score (nSPS) is 20.7. The highest BCUT2D eigenvalue weighted by Gasteiger charge is 2.44. The average Bonchev–Trinajstić information content (AvgIpc) is 3.28. The number of rotatable bonds is 43. The first-order valence-corrected chi connectivity index (χ1v) is 26.0. The van der Waals surface area contributed by atoms with Gasteiger partial charge >= 0.3 is 0 Å². The number of aliphatic hydroxyl groups excluding tert-OH is 5. The molecule has 0 aromatic rings. The molecule has 1 fully saturated rings. The van der Waals surface area contributed by atoms with Crippen molar-refractivity contribution < 1.29 is 39.8 Å². The highest BCUT2D eigenvalue weighted by molar-refractivity contribution is 5.76. The first-order chi connectivity index (χ1) is 30.8.